The van der Waals surface area contributed by atoms with Crippen LogP contribution in [0.3, 0.4) is 0 Å². The van der Waals surface area contributed by atoms with E-state index in [1.54, 1.807) is 12.1 Å². The summed E-state index contributed by atoms with van der Waals surface area (Å²) in [5.41, 5.74) is 0.935. The van der Waals surface area contributed by atoms with Crippen molar-refractivity contribution in [2.24, 2.45) is 0 Å². The third-order valence-corrected chi connectivity index (χ3v) is 4.20. The summed E-state index contributed by atoms with van der Waals surface area (Å²) in [5.74, 6) is 0. The van der Waals surface area contributed by atoms with E-state index in [4.69, 9.17) is 0 Å². The van der Waals surface area contributed by atoms with Gasteiger partial charge in [-0.2, -0.15) is 0 Å². The van der Waals surface area contributed by atoms with Crippen molar-refractivity contribution in [3.8, 4) is 0 Å². The highest BCUT2D eigenvalue weighted by Gasteiger charge is 2.18. The molecule has 16 heavy (non-hydrogen) atoms. The average Bonchev–Trinajstić information content (AvgIpc) is 2.70. The van der Waals surface area contributed by atoms with Gasteiger partial charge in [-0.05, 0) is 37.4 Å². The fourth-order valence-electron chi connectivity index (χ4n) is 2.23. The van der Waals surface area contributed by atoms with Gasteiger partial charge in [0.05, 0.1) is 4.90 Å². The van der Waals surface area contributed by atoms with Crippen LogP contribution < -0.4 is 5.32 Å². The van der Waals surface area contributed by atoms with Gasteiger partial charge in [0.15, 0.2) is 9.84 Å². The minimum atomic E-state index is -3.10. The Balaban J connectivity index is 2.26. The molecule has 0 aromatic heterocycles. The van der Waals surface area contributed by atoms with Crippen LogP contribution in [0.4, 0.5) is 0 Å². The minimum Gasteiger partial charge on any atom is -0.314 e. The zero-order valence-corrected chi connectivity index (χ0v) is 10.3. The van der Waals surface area contributed by atoms with E-state index in [-0.39, 0.29) is 0 Å². The smallest absolute Gasteiger partial charge is 0.175 e. The minimum absolute atomic E-state index is 0.433. The Morgan fingerprint density at radius 3 is 2.75 bits per heavy atom. The van der Waals surface area contributed by atoms with Gasteiger partial charge in [-0.15, -0.1) is 0 Å². The van der Waals surface area contributed by atoms with Gasteiger partial charge in [0.1, 0.15) is 0 Å². The van der Waals surface area contributed by atoms with Gasteiger partial charge >= 0.3 is 0 Å². The molecule has 0 amide bonds. The SMILES string of the molecule is CS(=O)(=O)c1ccccc1CC1CCCN1. The Morgan fingerprint density at radius 2 is 2.12 bits per heavy atom. The summed E-state index contributed by atoms with van der Waals surface area (Å²) in [4.78, 5) is 0.476. The predicted molar refractivity (Wildman–Crippen MR) is 64.3 cm³/mol. The van der Waals surface area contributed by atoms with Crippen molar-refractivity contribution in [1.82, 2.24) is 5.32 Å². The molecule has 1 N–H and O–H groups in total. The molecule has 1 atom stereocenters. The van der Waals surface area contributed by atoms with Gasteiger partial charge in [-0.3, -0.25) is 0 Å². The molecule has 0 spiro atoms. The van der Waals surface area contributed by atoms with Gasteiger partial charge in [-0.25, -0.2) is 8.42 Å². The van der Waals surface area contributed by atoms with E-state index in [9.17, 15) is 8.42 Å². The molecule has 1 fully saturated rings. The fourth-order valence-corrected chi connectivity index (χ4v) is 3.18. The average molecular weight is 239 g/mol. The second-order valence-corrected chi connectivity index (χ2v) is 6.36. The third-order valence-electron chi connectivity index (χ3n) is 3.00. The number of benzene rings is 1. The molecule has 1 aromatic rings. The molecule has 1 aliphatic heterocycles. The normalized spacial score (nSPS) is 21.2. The summed E-state index contributed by atoms with van der Waals surface area (Å²) in [6, 6.07) is 7.72. The molecule has 0 saturated carbocycles. The quantitative estimate of drug-likeness (QED) is 0.867. The van der Waals surface area contributed by atoms with E-state index >= 15 is 0 Å². The molecular formula is C12H17NO2S. The lowest BCUT2D eigenvalue weighted by Crippen LogP contribution is -2.24. The Bertz CT molecular complexity index is 462. The van der Waals surface area contributed by atoms with Crippen LogP contribution >= 0.6 is 0 Å². The lowest BCUT2D eigenvalue weighted by atomic mass is 10.0. The second kappa shape index (κ2) is 4.55. The summed E-state index contributed by atoms with van der Waals surface area (Å²) in [5, 5.41) is 3.39. The second-order valence-electron chi connectivity index (χ2n) is 4.38. The maximum absolute atomic E-state index is 11.6. The molecular weight excluding hydrogens is 222 g/mol. The van der Waals surface area contributed by atoms with Crippen LogP contribution in [-0.2, 0) is 16.3 Å². The maximum atomic E-state index is 11.6. The first-order valence-corrected chi connectivity index (χ1v) is 7.48. The Hall–Kier alpha value is -0.870. The zero-order valence-electron chi connectivity index (χ0n) is 9.44. The van der Waals surface area contributed by atoms with E-state index in [0.29, 0.717) is 10.9 Å². The first kappa shape index (κ1) is 11.6. The molecule has 4 heteroatoms. The van der Waals surface area contributed by atoms with Crippen molar-refractivity contribution < 1.29 is 8.42 Å². The molecule has 1 heterocycles. The van der Waals surface area contributed by atoms with Crippen molar-refractivity contribution in [3.63, 3.8) is 0 Å². The summed E-state index contributed by atoms with van der Waals surface area (Å²) in [7, 11) is -3.10. The summed E-state index contributed by atoms with van der Waals surface area (Å²) < 4.78 is 23.2. The molecule has 88 valence electrons. The standard InChI is InChI=1S/C12H17NO2S/c1-16(14,15)12-7-3-2-5-10(12)9-11-6-4-8-13-11/h2-3,5,7,11,13H,4,6,8-9H2,1H3. The summed E-state index contributed by atoms with van der Waals surface area (Å²) in [6.07, 6.45) is 4.40. The van der Waals surface area contributed by atoms with Crippen molar-refractivity contribution >= 4 is 9.84 Å². The Labute approximate surface area is 96.8 Å². The molecule has 0 radical (unpaired) electrons. The fraction of sp³-hybridized carbons (Fsp3) is 0.500. The largest absolute Gasteiger partial charge is 0.314 e. The number of rotatable bonds is 3. The van der Waals surface area contributed by atoms with Gasteiger partial charge in [0.2, 0.25) is 0 Å². The molecule has 2 rings (SSSR count). The predicted octanol–water partition coefficient (Wildman–Crippen LogP) is 1.38. The van der Waals surface area contributed by atoms with Crippen LogP contribution in [0.5, 0.6) is 0 Å². The summed E-state index contributed by atoms with van der Waals surface area (Å²) >= 11 is 0. The number of sulfone groups is 1. The van der Waals surface area contributed by atoms with Gasteiger partial charge in [0.25, 0.3) is 0 Å². The van der Waals surface area contributed by atoms with E-state index in [1.807, 2.05) is 12.1 Å². The van der Waals surface area contributed by atoms with Crippen molar-refractivity contribution in [2.75, 3.05) is 12.8 Å². The lowest BCUT2D eigenvalue weighted by Gasteiger charge is -2.12. The highest BCUT2D eigenvalue weighted by atomic mass is 32.2. The highest BCUT2D eigenvalue weighted by Crippen LogP contribution is 2.19. The number of hydrogen-bond acceptors (Lipinski definition) is 3. The Morgan fingerprint density at radius 1 is 1.38 bits per heavy atom. The van der Waals surface area contributed by atoms with E-state index in [1.165, 1.54) is 12.7 Å². The van der Waals surface area contributed by atoms with E-state index in [2.05, 4.69) is 5.32 Å². The van der Waals surface area contributed by atoms with Crippen LogP contribution in [0.2, 0.25) is 0 Å². The molecule has 1 aliphatic rings. The maximum Gasteiger partial charge on any atom is 0.175 e. The first-order valence-electron chi connectivity index (χ1n) is 5.59. The van der Waals surface area contributed by atoms with Crippen LogP contribution in [0.1, 0.15) is 18.4 Å². The van der Waals surface area contributed by atoms with Crippen molar-refractivity contribution in [2.45, 2.75) is 30.2 Å². The van der Waals surface area contributed by atoms with Crippen LogP contribution in [-0.4, -0.2) is 27.3 Å². The molecule has 0 aliphatic carbocycles. The summed E-state index contributed by atoms with van der Waals surface area (Å²) in [6.45, 7) is 1.05. The third kappa shape index (κ3) is 2.62. The zero-order chi connectivity index (χ0) is 11.6. The van der Waals surface area contributed by atoms with Crippen molar-refractivity contribution in [3.05, 3.63) is 29.8 Å². The molecule has 0 bridgehead atoms. The Kier molecular flexibility index (Phi) is 3.30. The van der Waals surface area contributed by atoms with Gasteiger partial charge in [-0.1, -0.05) is 18.2 Å². The van der Waals surface area contributed by atoms with Crippen LogP contribution in [0.25, 0.3) is 0 Å². The van der Waals surface area contributed by atoms with Crippen LogP contribution in [0, 0.1) is 0 Å². The van der Waals surface area contributed by atoms with Crippen molar-refractivity contribution in [1.29, 1.82) is 0 Å². The topological polar surface area (TPSA) is 46.2 Å². The molecule has 1 aromatic carbocycles. The van der Waals surface area contributed by atoms with Crippen LogP contribution in [0.15, 0.2) is 29.2 Å². The van der Waals surface area contributed by atoms with E-state index in [0.717, 1.165) is 24.9 Å². The number of nitrogens with one attached hydrogen (secondary N) is 1. The highest BCUT2D eigenvalue weighted by molar-refractivity contribution is 7.90. The number of hydrogen-bond donors (Lipinski definition) is 1. The monoisotopic (exact) mass is 239 g/mol. The van der Waals surface area contributed by atoms with E-state index < -0.39 is 9.84 Å². The molecule has 1 unspecified atom stereocenters. The van der Waals surface area contributed by atoms with Gasteiger partial charge < -0.3 is 5.32 Å². The molecule has 3 nitrogen and oxygen atoms in total. The lowest BCUT2D eigenvalue weighted by molar-refractivity contribution is 0.586. The first-order chi connectivity index (χ1) is 7.57. The van der Waals surface area contributed by atoms with Gasteiger partial charge in [0, 0.05) is 12.3 Å². The molecule has 1 saturated heterocycles.